The number of hydrogen-bond acceptors (Lipinski definition) is 4. The second kappa shape index (κ2) is 6.83. The summed E-state index contributed by atoms with van der Waals surface area (Å²) in [6, 6.07) is 5.03. The molecule has 0 saturated carbocycles. The number of nitrogens with one attached hydrogen (secondary N) is 1. The molecule has 124 valence electrons. The summed E-state index contributed by atoms with van der Waals surface area (Å²) >= 11 is 1.49. The first-order chi connectivity index (χ1) is 11.0. The molecule has 3 rings (SSSR count). The summed E-state index contributed by atoms with van der Waals surface area (Å²) < 4.78 is 14.7. The Morgan fingerprint density at radius 2 is 2.35 bits per heavy atom. The Morgan fingerprint density at radius 3 is 3.09 bits per heavy atom. The second-order valence-corrected chi connectivity index (χ2v) is 7.52. The van der Waals surface area contributed by atoms with Crippen LogP contribution in [-0.2, 0) is 4.79 Å². The minimum absolute atomic E-state index is 0.0145. The molecule has 1 atom stereocenters. The number of rotatable bonds is 4. The topological polar surface area (TPSA) is 45.2 Å². The summed E-state index contributed by atoms with van der Waals surface area (Å²) in [5.74, 6) is 0.272. The fraction of sp³-hybridized carbons (Fsp3) is 0.529. The van der Waals surface area contributed by atoms with Crippen LogP contribution in [-0.4, -0.2) is 30.5 Å². The van der Waals surface area contributed by atoms with Gasteiger partial charge in [0.2, 0.25) is 5.91 Å². The van der Waals surface area contributed by atoms with E-state index in [0.717, 1.165) is 29.2 Å². The van der Waals surface area contributed by atoms with E-state index in [4.69, 9.17) is 0 Å². The first-order valence-corrected chi connectivity index (χ1v) is 8.94. The number of thiazole rings is 1. The summed E-state index contributed by atoms with van der Waals surface area (Å²) in [4.78, 5) is 18.9. The van der Waals surface area contributed by atoms with Crippen LogP contribution in [0, 0.1) is 17.7 Å². The van der Waals surface area contributed by atoms with Crippen molar-refractivity contribution in [3.63, 3.8) is 0 Å². The van der Waals surface area contributed by atoms with Gasteiger partial charge in [0.15, 0.2) is 5.13 Å². The number of fused-ring (bicyclic) bond motifs is 1. The molecule has 0 bridgehead atoms. The first kappa shape index (κ1) is 16.2. The van der Waals surface area contributed by atoms with Crippen molar-refractivity contribution in [2.75, 3.05) is 24.5 Å². The van der Waals surface area contributed by atoms with Gasteiger partial charge in [-0.3, -0.25) is 4.79 Å². The van der Waals surface area contributed by atoms with Gasteiger partial charge in [-0.2, -0.15) is 0 Å². The maximum atomic E-state index is 13.8. The van der Waals surface area contributed by atoms with Crippen LogP contribution in [0.1, 0.15) is 26.7 Å². The number of para-hydroxylation sites is 1. The molecule has 1 fully saturated rings. The fourth-order valence-corrected chi connectivity index (χ4v) is 3.87. The quantitative estimate of drug-likeness (QED) is 0.931. The van der Waals surface area contributed by atoms with Gasteiger partial charge >= 0.3 is 0 Å². The monoisotopic (exact) mass is 335 g/mol. The molecule has 1 aliphatic heterocycles. The molecule has 1 amide bonds. The Morgan fingerprint density at radius 1 is 1.52 bits per heavy atom. The van der Waals surface area contributed by atoms with Crippen LogP contribution in [0.4, 0.5) is 9.52 Å². The first-order valence-electron chi connectivity index (χ1n) is 8.12. The van der Waals surface area contributed by atoms with Crippen molar-refractivity contribution >= 4 is 32.6 Å². The zero-order chi connectivity index (χ0) is 16.4. The Kier molecular flexibility index (Phi) is 4.80. The standard InChI is InChI=1S/C17H22FN3OS/c1-11(2)9-19-16(22)12-5-4-8-21(10-12)17-20-15-13(18)6-3-7-14(15)23-17/h3,6-7,11-12H,4-5,8-10H2,1-2H3,(H,19,22). The molecule has 0 aliphatic carbocycles. The molecule has 1 unspecified atom stereocenters. The van der Waals surface area contributed by atoms with E-state index >= 15 is 0 Å². The summed E-state index contributed by atoms with van der Waals surface area (Å²) in [5.41, 5.74) is 0.430. The third-order valence-electron chi connectivity index (χ3n) is 4.11. The van der Waals surface area contributed by atoms with Crippen LogP contribution in [0.3, 0.4) is 0 Å². The molecule has 0 radical (unpaired) electrons. The lowest BCUT2D eigenvalue weighted by molar-refractivity contribution is -0.125. The van der Waals surface area contributed by atoms with Crippen LogP contribution in [0.25, 0.3) is 10.2 Å². The van der Waals surface area contributed by atoms with Crippen molar-refractivity contribution in [3.8, 4) is 0 Å². The van der Waals surface area contributed by atoms with Gasteiger partial charge < -0.3 is 10.2 Å². The molecule has 6 heteroatoms. The highest BCUT2D eigenvalue weighted by molar-refractivity contribution is 7.22. The van der Waals surface area contributed by atoms with Crippen molar-refractivity contribution in [2.45, 2.75) is 26.7 Å². The minimum Gasteiger partial charge on any atom is -0.356 e. The number of piperidine rings is 1. The third kappa shape index (κ3) is 3.63. The largest absolute Gasteiger partial charge is 0.356 e. The van der Waals surface area contributed by atoms with Gasteiger partial charge in [-0.25, -0.2) is 9.37 Å². The summed E-state index contributed by atoms with van der Waals surface area (Å²) in [5, 5.41) is 3.83. The predicted octanol–water partition coefficient (Wildman–Crippen LogP) is 3.42. The van der Waals surface area contributed by atoms with Crippen molar-refractivity contribution in [1.82, 2.24) is 10.3 Å². The highest BCUT2D eigenvalue weighted by Gasteiger charge is 2.27. The fourth-order valence-electron chi connectivity index (χ4n) is 2.85. The van der Waals surface area contributed by atoms with Crippen LogP contribution in [0.5, 0.6) is 0 Å². The number of nitrogens with zero attached hydrogens (tertiary/aromatic N) is 2. The Balaban J connectivity index is 1.72. The average Bonchev–Trinajstić information content (AvgIpc) is 2.98. The zero-order valence-electron chi connectivity index (χ0n) is 13.5. The molecule has 1 aliphatic rings. The molecule has 4 nitrogen and oxygen atoms in total. The number of carbonyl (C=O) groups is 1. The second-order valence-electron chi connectivity index (χ2n) is 6.51. The molecule has 2 aromatic rings. The Bertz CT molecular complexity index is 700. The molecule has 1 N–H and O–H groups in total. The van der Waals surface area contributed by atoms with E-state index in [2.05, 4.69) is 29.0 Å². The molecule has 1 aromatic heterocycles. The van der Waals surface area contributed by atoms with E-state index < -0.39 is 0 Å². The van der Waals surface area contributed by atoms with E-state index in [1.807, 2.05) is 6.07 Å². The smallest absolute Gasteiger partial charge is 0.224 e. The van der Waals surface area contributed by atoms with Gasteiger partial charge in [0.25, 0.3) is 0 Å². The SMILES string of the molecule is CC(C)CNC(=O)C1CCCN(c2nc3c(F)cccc3s2)C1. The van der Waals surface area contributed by atoms with Gasteiger partial charge in [0, 0.05) is 19.6 Å². The highest BCUT2D eigenvalue weighted by atomic mass is 32.1. The van der Waals surface area contributed by atoms with Crippen molar-refractivity contribution < 1.29 is 9.18 Å². The van der Waals surface area contributed by atoms with E-state index in [1.54, 1.807) is 6.07 Å². The van der Waals surface area contributed by atoms with Crippen molar-refractivity contribution in [3.05, 3.63) is 24.0 Å². The van der Waals surface area contributed by atoms with E-state index in [-0.39, 0.29) is 17.6 Å². The molecule has 1 aromatic carbocycles. The van der Waals surface area contributed by atoms with E-state index in [9.17, 15) is 9.18 Å². The molecular formula is C17H22FN3OS. The number of amides is 1. The van der Waals surface area contributed by atoms with E-state index in [0.29, 0.717) is 24.5 Å². The summed E-state index contributed by atoms with van der Waals surface area (Å²) in [7, 11) is 0. The van der Waals surface area contributed by atoms with Crippen molar-refractivity contribution in [2.24, 2.45) is 11.8 Å². The maximum Gasteiger partial charge on any atom is 0.224 e. The van der Waals surface area contributed by atoms with Gasteiger partial charge in [0.05, 0.1) is 10.6 Å². The van der Waals surface area contributed by atoms with Crippen LogP contribution >= 0.6 is 11.3 Å². The Labute approximate surface area is 139 Å². The zero-order valence-corrected chi connectivity index (χ0v) is 14.3. The number of hydrogen-bond donors (Lipinski definition) is 1. The molecule has 2 heterocycles. The number of aromatic nitrogens is 1. The predicted molar refractivity (Wildman–Crippen MR) is 92.4 cm³/mol. The lowest BCUT2D eigenvalue weighted by Crippen LogP contribution is -2.43. The lowest BCUT2D eigenvalue weighted by Gasteiger charge is -2.31. The highest BCUT2D eigenvalue weighted by Crippen LogP contribution is 2.32. The molecule has 1 saturated heterocycles. The Hall–Kier alpha value is -1.69. The van der Waals surface area contributed by atoms with E-state index in [1.165, 1.54) is 17.4 Å². The normalized spacial score (nSPS) is 18.6. The summed E-state index contributed by atoms with van der Waals surface area (Å²) in [6.45, 7) is 6.41. The number of benzene rings is 1. The average molecular weight is 335 g/mol. The van der Waals surface area contributed by atoms with Crippen LogP contribution in [0.15, 0.2) is 18.2 Å². The van der Waals surface area contributed by atoms with Crippen molar-refractivity contribution in [1.29, 1.82) is 0 Å². The molecule has 0 spiro atoms. The lowest BCUT2D eigenvalue weighted by atomic mass is 9.97. The van der Waals surface area contributed by atoms with Gasteiger partial charge in [-0.15, -0.1) is 0 Å². The van der Waals surface area contributed by atoms with Crippen LogP contribution in [0.2, 0.25) is 0 Å². The minimum atomic E-state index is -0.284. The third-order valence-corrected chi connectivity index (χ3v) is 5.19. The number of halogens is 1. The molecular weight excluding hydrogens is 313 g/mol. The maximum absolute atomic E-state index is 13.8. The van der Waals surface area contributed by atoms with Gasteiger partial charge in [-0.1, -0.05) is 31.3 Å². The molecule has 23 heavy (non-hydrogen) atoms. The van der Waals surface area contributed by atoms with Crippen LogP contribution < -0.4 is 10.2 Å². The summed E-state index contributed by atoms with van der Waals surface area (Å²) in [6.07, 6.45) is 1.86. The number of anilines is 1. The van der Waals surface area contributed by atoms with Gasteiger partial charge in [0.1, 0.15) is 11.3 Å². The van der Waals surface area contributed by atoms with Gasteiger partial charge in [-0.05, 0) is 30.9 Å². The number of carbonyl (C=O) groups excluding carboxylic acids is 1.